The Bertz CT molecular complexity index is 927. The Balaban J connectivity index is 1.67. The monoisotopic (exact) mass is 395 g/mol. The Morgan fingerprint density at radius 3 is 2.45 bits per heavy atom. The second kappa shape index (κ2) is 9.75. The van der Waals surface area contributed by atoms with Gasteiger partial charge in [-0.3, -0.25) is 0 Å². The molecule has 0 saturated carbocycles. The van der Waals surface area contributed by atoms with Crippen LogP contribution in [0, 0.1) is 5.92 Å². The summed E-state index contributed by atoms with van der Waals surface area (Å²) < 4.78 is 10.6. The molecule has 29 heavy (non-hydrogen) atoms. The number of nitrogens with zero attached hydrogens (tertiary/aromatic N) is 2. The van der Waals surface area contributed by atoms with Crippen LogP contribution in [0.2, 0.25) is 0 Å². The van der Waals surface area contributed by atoms with Gasteiger partial charge in [0.15, 0.2) is 5.82 Å². The van der Waals surface area contributed by atoms with Crippen molar-refractivity contribution in [2.45, 2.75) is 6.42 Å². The fourth-order valence-electron chi connectivity index (χ4n) is 3.01. The zero-order valence-corrected chi connectivity index (χ0v) is 16.5. The van der Waals surface area contributed by atoms with Crippen LogP contribution in [0.5, 0.6) is 17.2 Å². The molecule has 7 nitrogen and oxygen atoms in total. The van der Waals surface area contributed by atoms with E-state index in [-0.39, 0.29) is 18.3 Å². The van der Waals surface area contributed by atoms with Crippen molar-refractivity contribution in [1.82, 2.24) is 9.97 Å². The number of rotatable bonds is 9. The average Bonchev–Trinajstić information content (AvgIpc) is 2.76. The lowest BCUT2D eigenvalue weighted by atomic mass is 9.99. The molecule has 1 unspecified atom stereocenters. The molecule has 1 aromatic heterocycles. The smallest absolute Gasteiger partial charge is 0.161 e. The third kappa shape index (κ3) is 5.58. The molecular weight excluding hydrogens is 370 g/mol. The van der Waals surface area contributed by atoms with Gasteiger partial charge in [0, 0.05) is 36.9 Å². The Morgan fingerprint density at radius 2 is 1.79 bits per heavy atom. The number of aromatic nitrogens is 2. The van der Waals surface area contributed by atoms with Gasteiger partial charge in [-0.1, -0.05) is 12.1 Å². The molecule has 0 bridgehead atoms. The highest BCUT2D eigenvalue weighted by Crippen LogP contribution is 2.25. The topological polar surface area (TPSA) is 96.7 Å². The molecule has 0 fully saturated rings. The predicted octanol–water partition coefficient (Wildman–Crippen LogP) is 3.13. The zero-order valence-electron chi connectivity index (χ0n) is 16.5. The van der Waals surface area contributed by atoms with Gasteiger partial charge < -0.3 is 25.0 Å². The third-order valence-corrected chi connectivity index (χ3v) is 4.53. The fourth-order valence-corrected chi connectivity index (χ4v) is 3.01. The largest absolute Gasteiger partial charge is 0.508 e. The summed E-state index contributed by atoms with van der Waals surface area (Å²) in [5, 5.41) is 22.7. The lowest BCUT2D eigenvalue weighted by molar-refractivity contribution is 0.232. The average molecular weight is 395 g/mol. The Kier molecular flexibility index (Phi) is 6.86. The number of methoxy groups -OCH3 is 2. The minimum Gasteiger partial charge on any atom is -0.508 e. The predicted molar refractivity (Wildman–Crippen MR) is 111 cm³/mol. The highest BCUT2D eigenvalue weighted by Gasteiger charge is 2.12. The number of ether oxygens (including phenoxy) is 2. The molecule has 152 valence electrons. The SMILES string of the molecule is COc1cc(CC(CO)CNc2ccnc(-c3cccc(O)c3)n2)cc(OC)c1. The number of hydrogen-bond donors (Lipinski definition) is 3. The van der Waals surface area contributed by atoms with Gasteiger partial charge in [0.1, 0.15) is 23.1 Å². The standard InChI is InChI=1S/C22H25N3O4/c1-28-19-9-15(10-20(12-19)29-2)8-16(14-26)13-24-21-6-7-23-22(25-21)17-4-3-5-18(27)11-17/h3-7,9-12,16,26-27H,8,13-14H2,1-2H3,(H,23,24,25). The van der Waals surface area contributed by atoms with Crippen LogP contribution in [0.4, 0.5) is 5.82 Å². The number of benzene rings is 2. The van der Waals surface area contributed by atoms with Crippen molar-refractivity contribution in [3.8, 4) is 28.6 Å². The summed E-state index contributed by atoms with van der Waals surface area (Å²) in [6.45, 7) is 0.559. The van der Waals surface area contributed by atoms with Crippen LogP contribution in [-0.4, -0.2) is 47.6 Å². The number of hydrogen-bond acceptors (Lipinski definition) is 7. The lowest BCUT2D eigenvalue weighted by Crippen LogP contribution is -2.21. The second-order valence-corrected chi connectivity index (χ2v) is 6.67. The number of aliphatic hydroxyl groups is 1. The van der Waals surface area contributed by atoms with Gasteiger partial charge in [0.05, 0.1) is 14.2 Å². The molecule has 7 heteroatoms. The van der Waals surface area contributed by atoms with Gasteiger partial charge in [-0.25, -0.2) is 9.97 Å². The van der Waals surface area contributed by atoms with E-state index in [0.717, 1.165) is 22.6 Å². The molecule has 0 aliphatic rings. The van der Waals surface area contributed by atoms with Crippen LogP contribution in [0.1, 0.15) is 5.56 Å². The van der Waals surface area contributed by atoms with Crippen molar-refractivity contribution in [3.63, 3.8) is 0 Å². The maximum absolute atomic E-state index is 9.82. The first kappa shape index (κ1) is 20.4. The number of aliphatic hydroxyl groups excluding tert-OH is 1. The molecular formula is C22H25N3O4. The van der Waals surface area contributed by atoms with Crippen molar-refractivity contribution in [2.75, 3.05) is 32.7 Å². The van der Waals surface area contributed by atoms with E-state index >= 15 is 0 Å². The van der Waals surface area contributed by atoms with Crippen LogP contribution < -0.4 is 14.8 Å². The molecule has 2 aromatic carbocycles. The summed E-state index contributed by atoms with van der Waals surface area (Å²) in [5.74, 6) is 2.75. The van der Waals surface area contributed by atoms with Gasteiger partial charge in [-0.15, -0.1) is 0 Å². The number of aromatic hydroxyl groups is 1. The maximum atomic E-state index is 9.82. The van der Waals surface area contributed by atoms with Crippen molar-refractivity contribution in [2.24, 2.45) is 5.92 Å². The number of anilines is 1. The third-order valence-electron chi connectivity index (χ3n) is 4.53. The van der Waals surface area contributed by atoms with E-state index in [1.807, 2.05) is 24.3 Å². The Morgan fingerprint density at radius 1 is 1.03 bits per heavy atom. The summed E-state index contributed by atoms with van der Waals surface area (Å²) in [7, 11) is 3.23. The van der Waals surface area contributed by atoms with E-state index in [1.165, 1.54) is 0 Å². The molecule has 3 N–H and O–H groups in total. The van der Waals surface area contributed by atoms with Crippen molar-refractivity contribution < 1.29 is 19.7 Å². The summed E-state index contributed by atoms with van der Waals surface area (Å²) in [6.07, 6.45) is 2.32. The van der Waals surface area contributed by atoms with E-state index in [9.17, 15) is 10.2 Å². The van der Waals surface area contributed by atoms with E-state index in [1.54, 1.807) is 44.7 Å². The van der Waals surface area contributed by atoms with E-state index in [0.29, 0.717) is 24.6 Å². The first-order valence-corrected chi connectivity index (χ1v) is 9.30. The van der Waals surface area contributed by atoms with Crippen LogP contribution in [0.15, 0.2) is 54.7 Å². The zero-order chi connectivity index (χ0) is 20.6. The highest BCUT2D eigenvalue weighted by molar-refractivity contribution is 5.58. The summed E-state index contributed by atoms with van der Waals surface area (Å²) >= 11 is 0. The van der Waals surface area contributed by atoms with Crippen LogP contribution in [0.3, 0.4) is 0 Å². The molecule has 0 amide bonds. The molecule has 1 heterocycles. The van der Waals surface area contributed by atoms with Gasteiger partial charge in [0.25, 0.3) is 0 Å². The number of phenolic OH excluding ortho intramolecular Hbond substituents is 1. The molecule has 0 saturated heterocycles. The van der Waals surface area contributed by atoms with Crippen molar-refractivity contribution in [1.29, 1.82) is 0 Å². The Labute approximate surface area is 170 Å². The quantitative estimate of drug-likeness (QED) is 0.512. The minimum absolute atomic E-state index is 0.0222. The normalized spacial score (nSPS) is 11.7. The molecule has 0 radical (unpaired) electrons. The fraction of sp³-hybridized carbons (Fsp3) is 0.273. The number of phenols is 1. The van der Waals surface area contributed by atoms with E-state index < -0.39 is 0 Å². The molecule has 0 aliphatic carbocycles. The second-order valence-electron chi connectivity index (χ2n) is 6.67. The van der Waals surface area contributed by atoms with Crippen LogP contribution in [-0.2, 0) is 6.42 Å². The van der Waals surface area contributed by atoms with E-state index in [2.05, 4.69) is 15.3 Å². The summed E-state index contributed by atoms with van der Waals surface area (Å²) in [5.41, 5.74) is 1.75. The van der Waals surface area contributed by atoms with Crippen LogP contribution in [0.25, 0.3) is 11.4 Å². The highest BCUT2D eigenvalue weighted by atomic mass is 16.5. The minimum atomic E-state index is -0.0222. The molecule has 3 rings (SSSR count). The Hall–Kier alpha value is -3.32. The van der Waals surface area contributed by atoms with E-state index in [4.69, 9.17) is 9.47 Å². The molecule has 0 aliphatic heterocycles. The first-order chi connectivity index (χ1) is 14.1. The lowest BCUT2D eigenvalue weighted by Gasteiger charge is -2.17. The summed E-state index contributed by atoms with van der Waals surface area (Å²) in [4.78, 5) is 8.76. The molecule has 3 aromatic rings. The van der Waals surface area contributed by atoms with Crippen LogP contribution >= 0.6 is 0 Å². The number of nitrogens with one attached hydrogen (secondary N) is 1. The molecule has 1 atom stereocenters. The maximum Gasteiger partial charge on any atom is 0.161 e. The van der Waals surface area contributed by atoms with Gasteiger partial charge in [0.2, 0.25) is 0 Å². The van der Waals surface area contributed by atoms with Gasteiger partial charge in [-0.2, -0.15) is 0 Å². The van der Waals surface area contributed by atoms with Crippen molar-refractivity contribution >= 4 is 5.82 Å². The first-order valence-electron chi connectivity index (χ1n) is 9.30. The molecule has 0 spiro atoms. The van der Waals surface area contributed by atoms with Gasteiger partial charge in [-0.05, 0) is 42.3 Å². The van der Waals surface area contributed by atoms with Gasteiger partial charge >= 0.3 is 0 Å². The summed E-state index contributed by atoms with van der Waals surface area (Å²) in [6, 6.07) is 14.3. The van der Waals surface area contributed by atoms with Crippen molar-refractivity contribution in [3.05, 3.63) is 60.3 Å².